The van der Waals surface area contributed by atoms with Crippen molar-refractivity contribution >= 4 is 0 Å². The van der Waals surface area contributed by atoms with E-state index in [-0.39, 0.29) is 6.07 Å². The second-order valence-corrected chi connectivity index (χ2v) is 5.28. The molecule has 1 aromatic rings. The highest BCUT2D eigenvalue weighted by Gasteiger charge is 2.82. The second-order valence-electron chi connectivity index (χ2n) is 5.28. The lowest BCUT2D eigenvalue weighted by atomic mass is 9.86. The molecule has 0 aromatic heterocycles. The van der Waals surface area contributed by atoms with Gasteiger partial charge in [0, 0.05) is 5.56 Å². The van der Waals surface area contributed by atoms with E-state index in [1.165, 1.54) is 0 Å². The number of halogens is 9. The van der Waals surface area contributed by atoms with Gasteiger partial charge in [-0.05, 0) is 19.4 Å². The molecule has 0 fully saturated rings. The van der Waals surface area contributed by atoms with Crippen LogP contribution >= 0.6 is 0 Å². The minimum Gasteiger partial charge on any atom is -0.225 e. The highest BCUT2D eigenvalue weighted by atomic mass is 19.4. The van der Waals surface area contributed by atoms with E-state index in [2.05, 4.69) is 0 Å². The van der Waals surface area contributed by atoms with Crippen LogP contribution in [0.15, 0.2) is 24.3 Å². The third kappa shape index (κ3) is 3.00. The van der Waals surface area contributed by atoms with E-state index in [1.54, 1.807) is 0 Å². The van der Waals surface area contributed by atoms with Gasteiger partial charge in [0.05, 0.1) is 0 Å². The Balaban J connectivity index is 3.60. The molecule has 1 nitrogen and oxygen atoms in total. The fraction of sp³-hybridized carbons (Fsp3) is 0.538. The van der Waals surface area contributed by atoms with Gasteiger partial charge in [0.1, 0.15) is 5.60 Å². The highest BCUT2D eigenvalue weighted by Crippen LogP contribution is 2.57. The van der Waals surface area contributed by atoms with Gasteiger partial charge in [-0.3, -0.25) is 0 Å². The number of alkyl halides is 9. The van der Waals surface area contributed by atoms with Crippen molar-refractivity contribution in [3.05, 3.63) is 35.4 Å². The van der Waals surface area contributed by atoms with Crippen LogP contribution in [-0.4, -0.2) is 18.0 Å². The van der Waals surface area contributed by atoms with E-state index < -0.39 is 40.7 Å². The zero-order chi connectivity index (χ0) is 18.5. The van der Waals surface area contributed by atoms with Crippen LogP contribution in [-0.2, 0) is 16.6 Å². The summed E-state index contributed by atoms with van der Waals surface area (Å²) in [6.07, 6.45) is -6.90. The van der Waals surface area contributed by atoms with Crippen molar-refractivity contribution < 1.29 is 44.6 Å². The summed E-state index contributed by atoms with van der Waals surface area (Å²) in [4.78, 5) is 0. The summed E-state index contributed by atoms with van der Waals surface area (Å²) in [5.41, 5.74) is -5.32. The fourth-order valence-electron chi connectivity index (χ4n) is 1.83. The summed E-state index contributed by atoms with van der Waals surface area (Å²) < 4.78 is 117. The Morgan fingerprint density at radius 3 is 1.43 bits per heavy atom. The molecule has 10 heteroatoms. The van der Waals surface area contributed by atoms with Crippen molar-refractivity contribution in [2.75, 3.05) is 0 Å². The Labute approximate surface area is 124 Å². The number of hydrogen-bond acceptors (Lipinski definition) is 0. The van der Waals surface area contributed by atoms with Gasteiger partial charge in [-0.1, -0.05) is 24.3 Å². The van der Waals surface area contributed by atoms with Crippen LogP contribution in [0.25, 0.3) is 0 Å². The first-order valence-electron chi connectivity index (χ1n) is 5.98. The molecule has 0 heterocycles. The number of rotatable bonds is 4. The van der Waals surface area contributed by atoms with Gasteiger partial charge in [-0.15, -0.1) is 0 Å². The van der Waals surface area contributed by atoms with Gasteiger partial charge in [0.25, 0.3) is 0 Å². The largest absolute Gasteiger partial charge is 0.460 e. The normalized spacial score (nSPS) is 15.0. The lowest BCUT2D eigenvalue weighted by molar-refractivity contribution is -0.399. The maximum absolute atomic E-state index is 13.9. The predicted octanol–water partition coefficient (Wildman–Crippen LogP) is 5.28. The van der Waals surface area contributed by atoms with Crippen LogP contribution in [0.2, 0.25) is 0 Å². The summed E-state index contributed by atoms with van der Waals surface area (Å²) in [5, 5.41) is 11.8. The molecule has 0 bridgehead atoms. The Bertz CT molecular complexity index is 570. The second kappa shape index (κ2) is 5.29. The maximum Gasteiger partial charge on any atom is 0.460 e. The molecule has 1 rings (SSSR count). The van der Waals surface area contributed by atoms with Gasteiger partial charge in [0.15, 0.2) is 0 Å². The number of benzene rings is 1. The van der Waals surface area contributed by atoms with Crippen molar-refractivity contribution in [2.45, 2.75) is 43.4 Å². The predicted molar refractivity (Wildman–Crippen MR) is 60.0 cm³/mol. The van der Waals surface area contributed by atoms with Crippen molar-refractivity contribution in [3.63, 3.8) is 0 Å². The van der Waals surface area contributed by atoms with E-state index in [1.807, 2.05) is 0 Å². The minimum absolute atomic E-state index is 0.218. The van der Waals surface area contributed by atoms with E-state index in [9.17, 15) is 44.6 Å². The lowest BCUT2D eigenvalue weighted by Crippen LogP contribution is -2.59. The van der Waals surface area contributed by atoms with Crippen molar-refractivity contribution in [3.8, 4) is 0 Å². The summed E-state index contributed by atoms with van der Waals surface area (Å²) in [6, 6.07) is 2.60. The summed E-state index contributed by atoms with van der Waals surface area (Å²) in [7, 11) is 0. The van der Waals surface area contributed by atoms with E-state index in [4.69, 9.17) is 0 Å². The summed E-state index contributed by atoms with van der Waals surface area (Å²) in [5.74, 6) is -19.7. The van der Waals surface area contributed by atoms with E-state index in [0.717, 1.165) is 26.0 Å². The van der Waals surface area contributed by atoms with Crippen LogP contribution in [0.3, 0.4) is 0 Å². The molecule has 0 amide bonds. The molecule has 0 unspecified atom stereocenters. The summed E-state index contributed by atoms with van der Waals surface area (Å²) >= 11 is 0. The number of hydrogen-bond donors (Lipinski definition) is 0. The van der Waals surface area contributed by atoms with Crippen LogP contribution in [0.1, 0.15) is 25.0 Å². The molecule has 23 heavy (non-hydrogen) atoms. The van der Waals surface area contributed by atoms with E-state index in [0.29, 0.717) is 6.07 Å². The topological polar surface area (TPSA) is 19.9 Å². The average Bonchev–Trinajstić information content (AvgIpc) is 2.36. The standard InChI is InChI=1S/C13H10F9O/c1-9(2,23)7-5-3-4-6-8(7)10(14,15)11(16,17)12(18,19)13(20,21)22/h3-6H,1-2H3. The van der Waals surface area contributed by atoms with Gasteiger partial charge in [0.2, 0.25) is 0 Å². The molecule has 0 saturated carbocycles. The van der Waals surface area contributed by atoms with Crippen molar-refractivity contribution in [1.29, 1.82) is 0 Å². The monoisotopic (exact) mass is 353 g/mol. The smallest absolute Gasteiger partial charge is 0.225 e. The molecular formula is C13H10F9O. The molecule has 0 saturated heterocycles. The zero-order valence-electron chi connectivity index (χ0n) is 11.6. The van der Waals surface area contributed by atoms with Crippen molar-refractivity contribution in [2.24, 2.45) is 0 Å². The maximum atomic E-state index is 13.9. The average molecular weight is 353 g/mol. The van der Waals surface area contributed by atoms with Crippen LogP contribution in [0, 0.1) is 0 Å². The lowest BCUT2D eigenvalue weighted by Gasteiger charge is -2.35. The molecule has 0 atom stereocenters. The Kier molecular flexibility index (Phi) is 4.50. The van der Waals surface area contributed by atoms with Gasteiger partial charge >= 0.3 is 23.9 Å². The third-order valence-electron chi connectivity index (χ3n) is 3.06. The molecule has 131 valence electrons. The molecule has 0 aliphatic rings. The Morgan fingerprint density at radius 2 is 1.09 bits per heavy atom. The highest BCUT2D eigenvalue weighted by molar-refractivity contribution is 5.37. The molecule has 0 spiro atoms. The minimum atomic E-state index is -7.00. The first-order chi connectivity index (χ1) is 9.98. The Morgan fingerprint density at radius 1 is 0.696 bits per heavy atom. The molecule has 0 aliphatic heterocycles. The molecule has 1 aromatic carbocycles. The molecule has 0 N–H and O–H groups in total. The molecule has 0 aliphatic carbocycles. The molecular weight excluding hydrogens is 343 g/mol. The Hall–Kier alpha value is -1.45. The first-order valence-corrected chi connectivity index (χ1v) is 5.98. The fourth-order valence-corrected chi connectivity index (χ4v) is 1.83. The SMILES string of the molecule is CC(C)([O])c1ccccc1C(F)(F)C(F)(F)C(F)(F)C(F)(F)F. The van der Waals surface area contributed by atoms with Gasteiger partial charge < -0.3 is 0 Å². The van der Waals surface area contributed by atoms with Gasteiger partial charge in [-0.25, -0.2) is 5.11 Å². The van der Waals surface area contributed by atoms with Crippen LogP contribution < -0.4 is 0 Å². The van der Waals surface area contributed by atoms with E-state index >= 15 is 0 Å². The van der Waals surface area contributed by atoms with Crippen LogP contribution in [0.4, 0.5) is 39.5 Å². The van der Waals surface area contributed by atoms with Crippen molar-refractivity contribution in [1.82, 2.24) is 0 Å². The quantitative estimate of drug-likeness (QED) is 0.657. The third-order valence-corrected chi connectivity index (χ3v) is 3.06. The first kappa shape index (κ1) is 19.6. The van der Waals surface area contributed by atoms with Crippen LogP contribution in [0.5, 0.6) is 0 Å². The van der Waals surface area contributed by atoms with Gasteiger partial charge in [-0.2, -0.15) is 39.5 Å². The molecule has 1 radical (unpaired) electrons. The zero-order valence-corrected chi connectivity index (χ0v) is 11.6. The summed E-state index contributed by atoms with van der Waals surface area (Å²) in [6.45, 7) is 1.56.